The van der Waals surface area contributed by atoms with Crippen molar-refractivity contribution in [1.29, 1.82) is 0 Å². The fourth-order valence-electron chi connectivity index (χ4n) is 1.51. The first kappa shape index (κ1) is 10.6. The van der Waals surface area contributed by atoms with Crippen LogP contribution in [-0.2, 0) is 4.74 Å². The van der Waals surface area contributed by atoms with Crippen LogP contribution in [0.25, 0.3) is 0 Å². The Kier molecular flexibility index (Phi) is 2.71. The summed E-state index contributed by atoms with van der Waals surface area (Å²) >= 11 is 5.79. The van der Waals surface area contributed by atoms with Gasteiger partial charge < -0.3 is 9.47 Å². The average molecular weight is 248 g/mol. The van der Waals surface area contributed by atoms with Crippen LogP contribution < -0.4 is 4.74 Å². The Balaban J connectivity index is 1.73. The SMILES string of the molecule is Clc1ccc(Oc2ccc(C3CO3)cn2)cc1. The minimum absolute atomic E-state index is 0.229. The molecular formula is C13H10ClNO2. The van der Waals surface area contributed by atoms with Gasteiger partial charge in [-0.05, 0) is 30.3 Å². The van der Waals surface area contributed by atoms with E-state index in [0.29, 0.717) is 10.9 Å². The van der Waals surface area contributed by atoms with Crippen LogP contribution in [0.4, 0.5) is 0 Å². The zero-order chi connectivity index (χ0) is 11.7. The summed E-state index contributed by atoms with van der Waals surface area (Å²) in [5, 5.41) is 0.687. The van der Waals surface area contributed by atoms with Gasteiger partial charge in [-0.1, -0.05) is 11.6 Å². The number of pyridine rings is 1. The molecule has 2 heterocycles. The van der Waals surface area contributed by atoms with E-state index in [-0.39, 0.29) is 6.10 Å². The standard InChI is InChI=1S/C13H10ClNO2/c14-10-2-4-11(5-3-10)17-13-6-1-9(7-15-13)12-8-16-12/h1-7,12H,8H2. The number of benzene rings is 1. The second kappa shape index (κ2) is 4.35. The summed E-state index contributed by atoms with van der Waals surface area (Å²) in [6.07, 6.45) is 2.01. The predicted molar refractivity (Wildman–Crippen MR) is 64.5 cm³/mol. The highest BCUT2D eigenvalue weighted by atomic mass is 35.5. The van der Waals surface area contributed by atoms with Crippen LogP contribution in [0.15, 0.2) is 42.6 Å². The minimum Gasteiger partial charge on any atom is -0.439 e. The monoisotopic (exact) mass is 247 g/mol. The Hall–Kier alpha value is -1.58. The Morgan fingerprint density at radius 1 is 1.18 bits per heavy atom. The Bertz CT molecular complexity index is 506. The Morgan fingerprint density at radius 2 is 1.94 bits per heavy atom. The molecule has 4 heteroatoms. The second-order valence-corrected chi connectivity index (χ2v) is 4.24. The van der Waals surface area contributed by atoms with Gasteiger partial charge in [-0.2, -0.15) is 0 Å². The third-order valence-corrected chi connectivity index (χ3v) is 2.75. The van der Waals surface area contributed by atoms with Crippen LogP contribution in [0.1, 0.15) is 11.7 Å². The first-order valence-electron chi connectivity index (χ1n) is 5.32. The third kappa shape index (κ3) is 2.57. The van der Waals surface area contributed by atoms with Crippen molar-refractivity contribution in [3.8, 4) is 11.6 Å². The van der Waals surface area contributed by atoms with Gasteiger partial charge in [0.1, 0.15) is 11.9 Å². The fraction of sp³-hybridized carbons (Fsp3) is 0.154. The molecule has 1 aliphatic heterocycles. The van der Waals surface area contributed by atoms with Crippen LogP contribution in [0.2, 0.25) is 5.02 Å². The van der Waals surface area contributed by atoms with Crippen molar-refractivity contribution in [2.24, 2.45) is 0 Å². The molecule has 0 N–H and O–H groups in total. The number of nitrogens with zero attached hydrogens (tertiary/aromatic N) is 1. The van der Waals surface area contributed by atoms with E-state index in [9.17, 15) is 0 Å². The van der Waals surface area contributed by atoms with Crippen LogP contribution in [0, 0.1) is 0 Å². The number of aromatic nitrogens is 1. The molecule has 1 saturated heterocycles. The lowest BCUT2D eigenvalue weighted by molar-refractivity contribution is 0.414. The van der Waals surface area contributed by atoms with Crippen molar-refractivity contribution < 1.29 is 9.47 Å². The molecule has 0 saturated carbocycles. The first-order chi connectivity index (χ1) is 8.31. The highest BCUT2D eigenvalue weighted by Gasteiger charge is 2.24. The van der Waals surface area contributed by atoms with E-state index in [1.807, 2.05) is 24.3 Å². The molecule has 1 aliphatic rings. The van der Waals surface area contributed by atoms with E-state index in [4.69, 9.17) is 21.1 Å². The number of ether oxygens (including phenoxy) is 2. The number of hydrogen-bond acceptors (Lipinski definition) is 3. The van der Waals surface area contributed by atoms with Gasteiger partial charge in [0.2, 0.25) is 5.88 Å². The quantitative estimate of drug-likeness (QED) is 0.778. The minimum atomic E-state index is 0.229. The van der Waals surface area contributed by atoms with Gasteiger partial charge in [0.05, 0.1) is 6.61 Å². The van der Waals surface area contributed by atoms with Gasteiger partial charge in [0.15, 0.2) is 0 Å². The maximum atomic E-state index is 5.79. The van der Waals surface area contributed by atoms with Crippen molar-refractivity contribution in [3.63, 3.8) is 0 Å². The van der Waals surface area contributed by atoms with Crippen molar-refractivity contribution in [3.05, 3.63) is 53.2 Å². The second-order valence-electron chi connectivity index (χ2n) is 3.81. The maximum absolute atomic E-state index is 5.79. The van der Waals surface area contributed by atoms with E-state index < -0.39 is 0 Å². The molecule has 0 bridgehead atoms. The Morgan fingerprint density at radius 3 is 2.53 bits per heavy atom. The van der Waals surface area contributed by atoms with Gasteiger partial charge in [-0.3, -0.25) is 0 Å². The molecule has 1 atom stereocenters. The molecule has 3 rings (SSSR count). The van der Waals surface area contributed by atoms with Crippen LogP contribution in [0.5, 0.6) is 11.6 Å². The molecular weight excluding hydrogens is 238 g/mol. The topological polar surface area (TPSA) is 34.6 Å². The van der Waals surface area contributed by atoms with E-state index in [0.717, 1.165) is 17.9 Å². The van der Waals surface area contributed by atoms with E-state index in [1.54, 1.807) is 18.3 Å². The predicted octanol–water partition coefficient (Wildman–Crippen LogP) is 3.60. The van der Waals surface area contributed by atoms with Crippen molar-refractivity contribution in [1.82, 2.24) is 4.98 Å². The smallest absolute Gasteiger partial charge is 0.219 e. The lowest BCUT2D eigenvalue weighted by atomic mass is 10.2. The number of rotatable bonds is 3. The number of epoxide rings is 1. The zero-order valence-electron chi connectivity index (χ0n) is 8.97. The van der Waals surface area contributed by atoms with Gasteiger partial charge in [-0.15, -0.1) is 0 Å². The van der Waals surface area contributed by atoms with Gasteiger partial charge in [0.25, 0.3) is 0 Å². The molecule has 0 amide bonds. The third-order valence-electron chi connectivity index (χ3n) is 2.50. The Labute approximate surface area is 104 Å². The molecule has 2 aromatic rings. The lowest BCUT2D eigenvalue weighted by Crippen LogP contribution is -1.89. The molecule has 0 radical (unpaired) electrons. The van der Waals surface area contributed by atoms with Crippen LogP contribution in [0.3, 0.4) is 0 Å². The number of halogens is 1. The molecule has 1 aromatic carbocycles. The molecule has 86 valence electrons. The highest BCUT2D eigenvalue weighted by molar-refractivity contribution is 6.30. The van der Waals surface area contributed by atoms with Crippen molar-refractivity contribution >= 4 is 11.6 Å². The number of hydrogen-bond donors (Lipinski definition) is 0. The molecule has 3 nitrogen and oxygen atoms in total. The highest BCUT2D eigenvalue weighted by Crippen LogP contribution is 2.30. The molecule has 0 aliphatic carbocycles. The normalized spacial score (nSPS) is 17.8. The lowest BCUT2D eigenvalue weighted by Gasteiger charge is -2.04. The van der Waals surface area contributed by atoms with Gasteiger partial charge in [-0.25, -0.2) is 4.98 Å². The van der Waals surface area contributed by atoms with Gasteiger partial charge in [0, 0.05) is 22.8 Å². The van der Waals surface area contributed by atoms with Crippen molar-refractivity contribution in [2.75, 3.05) is 6.61 Å². The van der Waals surface area contributed by atoms with Crippen LogP contribution in [-0.4, -0.2) is 11.6 Å². The first-order valence-corrected chi connectivity index (χ1v) is 5.70. The zero-order valence-corrected chi connectivity index (χ0v) is 9.72. The molecule has 0 spiro atoms. The fourth-order valence-corrected chi connectivity index (χ4v) is 1.63. The van der Waals surface area contributed by atoms with E-state index >= 15 is 0 Å². The molecule has 17 heavy (non-hydrogen) atoms. The van der Waals surface area contributed by atoms with Crippen LogP contribution >= 0.6 is 11.6 Å². The molecule has 1 fully saturated rings. The van der Waals surface area contributed by atoms with Crippen molar-refractivity contribution in [2.45, 2.75) is 6.10 Å². The summed E-state index contributed by atoms with van der Waals surface area (Å²) in [5.74, 6) is 1.29. The van der Waals surface area contributed by atoms with E-state index in [2.05, 4.69) is 4.98 Å². The maximum Gasteiger partial charge on any atom is 0.219 e. The summed E-state index contributed by atoms with van der Waals surface area (Å²) in [4.78, 5) is 4.22. The summed E-state index contributed by atoms with van der Waals surface area (Å²) in [6, 6.07) is 11.0. The molecule has 1 aromatic heterocycles. The van der Waals surface area contributed by atoms with E-state index in [1.165, 1.54) is 0 Å². The summed E-state index contributed by atoms with van der Waals surface area (Å²) in [7, 11) is 0. The largest absolute Gasteiger partial charge is 0.439 e. The van der Waals surface area contributed by atoms with Gasteiger partial charge >= 0.3 is 0 Å². The molecule has 1 unspecified atom stereocenters. The summed E-state index contributed by atoms with van der Waals surface area (Å²) in [5.41, 5.74) is 1.09. The summed E-state index contributed by atoms with van der Waals surface area (Å²) < 4.78 is 10.7. The average Bonchev–Trinajstić information content (AvgIpc) is 3.17. The summed E-state index contributed by atoms with van der Waals surface area (Å²) in [6.45, 7) is 0.791.